The molecular weight excluding hydrogens is 294 g/mol. The van der Waals surface area contributed by atoms with Crippen molar-refractivity contribution in [2.24, 2.45) is 0 Å². The Balaban J connectivity index is 2.23. The van der Waals surface area contributed by atoms with Crippen molar-refractivity contribution in [1.82, 2.24) is 0 Å². The predicted octanol–water partition coefficient (Wildman–Crippen LogP) is 5.71. The molecule has 0 aliphatic heterocycles. The summed E-state index contributed by atoms with van der Waals surface area (Å²) in [5.41, 5.74) is 0.199. The van der Waals surface area contributed by atoms with Crippen LogP contribution >= 0.6 is 11.3 Å². The normalized spacial score (nSPS) is 12.0. The fourth-order valence-corrected chi connectivity index (χ4v) is 4.69. The first kappa shape index (κ1) is 11.9. The zero-order chi connectivity index (χ0) is 14.8. The lowest BCUT2D eigenvalue weighted by molar-refractivity contribution is -0.382. The predicted molar refractivity (Wildman–Crippen MR) is 92.2 cm³/mol. The summed E-state index contributed by atoms with van der Waals surface area (Å²) in [5, 5.41) is 18.2. The van der Waals surface area contributed by atoms with Gasteiger partial charge in [0.25, 0.3) is 5.69 Å². The molecule has 0 saturated carbocycles. The highest BCUT2D eigenvalue weighted by atomic mass is 32.1. The largest absolute Gasteiger partial charge is 0.287 e. The zero-order valence-corrected chi connectivity index (χ0v) is 12.2. The second kappa shape index (κ2) is 3.93. The minimum atomic E-state index is -0.283. The number of nitrogens with zero attached hydrogens (tertiary/aromatic N) is 1. The van der Waals surface area contributed by atoms with Gasteiger partial charge in [-0.2, -0.15) is 0 Å². The summed E-state index contributed by atoms with van der Waals surface area (Å²) < 4.78 is 1.89. The van der Waals surface area contributed by atoms with Crippen LogP contribution in [0.25, 0.3) is 41.7 Å². The number of hydrogen-bond acceptors (Lipinski definition) is 3. The third-order valence-electron chi connectivity index (χ3n) is 4.33. The second-order valence-corrected chi connectivity index (χ2v) is 6.47. The molecule has 104 valence electrons. The minimum Gasteiger partial charge on any atom is -0.258 e. The highest BCUT2D eigenvalue weighted by Crippen LogP contribution is 2.47. The summed E-state index contributed by atoms with van der Waals surface area (Å²) in [6.07, 6.45) is 0. The van der Waals surface area contributed by atoms with Crippen LogP contribution in [0.4, 0.5) is 5.69 Å². The van der Waals surface area contributed by atoms with Crippen molar-refractivity contribution in [2.75, 3.05) is 0 Å². The van der Waals surface area contributed by atoms with Gasteiger partial charge in [0, 0.05) is 21.5 Å². The summed E-state index contributed by atoms with van der Waals surface area (Å²) in [6.45, 7) is 0. The first-order valence-electron chi connectivity index (χ1n) is 6.98. The number of fused-ring (bicyclic) bond motifs is 3. The van der Waals surface area contributed by atoms with Gasteiger partial charge in [0.05, 0.1) is 4.92 Å². The van der Waals surface area contributed by atoms with Gasteiger partial charge < -0.3 is 0 Å². The van der Waals surface area contributed by atoms with Gasteiger partial charge in [0.1, 0.15) is 4.70 Å². The van der Waals surface area contributed by atoms with Crippen molar-refractivity contribution in [3.63, 3.8) is 0 Å². The molecule has 1 heterocycles. The summed E-state index contributed by atoms with van der Waals surface area (Å²) in [6, 6.07) is 18.0. The SMILES string of the molecule is O=[N+]([O-])c1ccc2c3ccccc3c3cccc4sc1c2c43. The van der Waals surface area contributed by atoms with E-state index in [1.165, 1.54) is 22.1 Å². The van der Waals surface area contributed by atoms with Gasteiger partial charge in [-0.1, -0.05) is 36.4 Å². The van der Waals surface area contributed by atoms with E-state index < -0.39 is 0 Å². The number of non-ortho nitro benzene ring substituents is 1. The van der Waals surface area contributed by atoms with Crippen LogP contribution in [0.15, 0.2) is 54.6 Å². The van der Waals surface area contributed by atoms with E-state index in [2.05, 4.69) is 18.2 Å². The molecule has 0 unspecified atom stereocenters. The maximum Gasteiger partial charge on any atom is 0.287 e. The van der Waals surface area contributed by atoms with E-state index in [1.807, 2.05) is 30.3 Å². The van der Waals surface area contributed by atoms with E-state index in [9.17, 15) is 10.1 Å². The fraction of sp³-hybridized carbons (Fsp3) is 0. The number of nitro benzene ring substituents is 1. The second-order valence-electron chi connectivity index (χ2n) is 5.42. The molecule has 4 aromatic carbocycles. The molecular formula is C18H9NO2S. The molecule has 0 atom stereocenters. The monoisotopic (exact) mass is 303 g/mol. The molecule has 0 spiro atoms. The Morgan fingerprint density at radius 2 is 1.45 bits per heavy atom. The highest BCUT2D eigenvalue weighted by Gasteiger charge is 2.21. The molecule has 22 heavy (non-hydrogen) atoms. The molecule has 0 N–H and O–H groups in total. The van der Waals surface area contributed by atoms with Crippen LogP contribution in [0.3, 0.4) is 0 Å². The molecule has 4 heteroatoms. The van der Waals surface area contributed by atoms with E-state index in [4.69, 9.17) is 0 Å². The van der Waals surface area contributed by atoms with E-state index in [-0.39, 0.29) is 10.6 Å². The van der Waals surface area contributed by atoms with E-state index in [0.29, 0.717) is 0 Å². The molecule has 0 amide bonds. The number of thiophene rings is 1. The van der Waals surface area contributed by atoms with Crippen molar-refractivity contribution in [2.45, 2.75) is 0 Å². The van der Waals surface area contributed by atoms with Gasteiger partial charge in [0.2, 0.25) is 0 Å². The standard InChI is InChI=1S/C18H9NO2S/c20-19(21)14-9-8-13-11-5-2-1-4-10(11)12-6-3-7-15-16(12)17(13)18(14)22-15/h1-9H. The number of benzene rings is 4. The molecule has 1 aromatic heterocycles. The highest BCUT2D eigenvalue weighted by molar-refractivity contribution is 7.26. The Kier molecular flexibility index (Phi) is 2.12. The Hall–Kier alpha value is -2.72. The van der Waals surface area contributed by atoms with Crippen LogP contribution in [0, 0.1) is 10.1 Å². The third kappa shape index (κ3) is 1.30. The van der Waals surface area contributed by atoms with Crippen molar-refractivity contribution >= 4 is 58.7 Å². The van der Waals surface area contributed by atoms with Gasteiger partial charge in [-0.05, 0) is 33.7 Å². The molecule has 0 saturated heterocycles. The Morgan fingerprint density at radius 3 is 2.18 bits per heavy atom. The summed E-state index contributed by atoms with van der Waals surface area (Å²) in [5.74, 6) is 0. The fourth-order valence-electron chi connectivity index (χ4n) is 3.45. The molecule has 0 fully saturated rings. The van der Waals surface area contributed by atoms with Crippen molar-refractivity contribution in [3.05, 3.63) is 64.7 Å². The Bertz CT molecular complexity index is 1210. The van der Waals surface area contributed by atoms with Gasteiger partial charge in [-0.15, -0.1) is 11.3 Å². The number of rotatable bonds is 1. The summed E-state index contributed by atoms with van der Waals surface area (Å²) >= 11 is 1.51. The van der Waals surface area contributed by atoms with Crippen molar-refractivity contribution < 1.29 is 4.92 Å². The lowest BCUT2D eigenvalue weighted by Crippen LogP contribution is -1.88. The molecule has 3 nitrogen and oxygen atoms in total. The average Bonchev–Trinajstić information content (AvgIpc) is 2.93. The average molecular weight is 303 g/mol. The van der Waals surface area contributed by atoms with E-state index in [0.717, 1.165) is 30.9 Å². The molecule has 5 aromatic rings. The number of nitro groups is 1. The third-order valence-corrected chi connectivity index (χ3v) is 5.51. The van der Waals surface area contributed by atoms with Crippen LogP contribution in [0.2, 0.25) is 0 Å². The quantitative estimate of drug-likeness (QED) is 0.226. The summed E-state index contributed by atoms with van der Waals surface area (Å²) in [7, 11) is 0. The molecule has 0 radical (unpaired) electrons. The lowest BCUT2D eigenvalue weighted by Gasteiger charge is -2.08. The molecule has 0 aliphatic rings. The van der Waals surface area contributed by atoms with Gasteiger partial charge in [-0.25, -0.2) is 0 Å². The van der Waals surface area contributed by atoms with Crippen molar-refractivity contribution in [1.29, 1.82) is 0 Å². The van der Waals surface area contributed by atoms with E-state index in [1.54, 1.807) is 6.07 Å². The van der Waals surface area contributed by atoms with Crippen LogP contribution in [0.1, 0.15) is 0 Å². The molecule has 0 aliphatic carbocycles. The molecule has 0 bridgehead atoms. The van der Waals surface area contributed by atoms with Crippen molar-refractivity contribution in [3.8, 4) is 0 Å². The zero-order valence-electron chi connectivity index (χ0n) is 11.4. The van der Waals surface area contributed by atoms with Crippen LogP contribution in [-0.2, 0) is 0 Å². The maximum absolute atomic E-state index is 11.4. The van der Waals surface area contributed by atoms with Gasteiger partial charge in [0.15, 0.2) is 0 Å². The molecule has 5 rings (SSSR count). The Morgan fingerprint density at radius 1 is 0.773 bits per heavy atom. The van der Waals surface area contributed by atoms with Crippen LogP contribution < -0.4 is 0 Å². The Labute approximate surface area is 128 Å². The smallest absolute Gasteiger partial charge is 0.258 e. The van der Waals surface area contributed by atoms with Crippen LogP contribution in [0.5, 0.6) is 0 Å². The maximum atomic E-state index is 11.4. The first-order valence-corrected chi connectivity index (χ1v) is 7.80. The van der Waals surface area contributed by atoms with E-state index >= 15 is 0 Å². The van der Waals surface area contributed by atoms with Crippen LogP contribution in [-0.4, -0.2) is 4.92 Å². The summed E-state index contributed by atoms with van der Waals surface area (Å²) in [4.78, 5) is 11.1. The lowest BCUT2D eigenvalue weighted by atomic mass is 9.94. The van der Waals surface area contributed by atoms with Gasteiger partial charge in [-0.3, -0.25) is 10.1 Å². The van der Waals surface area contributed by atoms with Gasteiger partial charge >= 0.3 is 0 Å². The minimum absolute atomic E-state index is 0.199. The first-order chi connectivity index (χ1) is 10.8. The topological polar surface area (TPSA) is 43.1 Å². The number of hydrogen-bond donors (Lipinski definition) is 0.